The summed E-state index contributed by atoms with van der Waals surface area (Å²) in [5, 5.41) is 3.27. The molecule has 1 aliphatic rings. The van der Waals surface area contributed by atoms with E-state index in [1.807, 2.05) is 0 Å². The molecule has 0 unspecified atom stereocenters. The molecule has 0 radical (unpaired) electrons. The van der Waals surface area contributed by atoms with Crippen molar-refractivity contribution < 1.29 is 0 Å². The topological polar surface area (TPSA) is 50.4 Å². The van der Waals surface area contributed by atoms with Crippen molar-refractivity contribution >= 4 is 6.34 Å². The maximum Gasteiger partial charge on any atom is 0.0805 e. The number of likely N-dealkylation sites (N-methyl/N-ethyl adjacent to an activating group) is 1. The zero-order valence-electron chi connectivity index (χ0n) is 6.43. The summed E-state index contributed by atoms with van der Waals surface area (Å²) < 4.78 is 0. The standard InChI is InChI=1S/C7H15N3/c1-2-9-5-7(3-4-7)10-6-8/h6,9H,2-5H2,1H3,(H2,8,10). The smallest absolute Gasteiger partial charge is 0.0805 e. The maximum absolute atomic E-state index is 5.21. The number of aliphatic imine (C=N–C) groups is 1. The van der Waals surface area contributed by atoms with Crippen LogP contribution in [0.2, 0.25) is 0 Å². The van der Waals surface area contributed by atoms with E-state index in [9.17, 15) is 0 Å². The fourth-order valence-corrected chi connectivity index (χ4v) is 1.01. The lowest BCUT2D eigenvalue weighted by atomic mass is 10.3. The van der Waals surface area contributed by atoms with Gasteiger partial charge in [0.05, 0.1) is 11.9 Å². The van der Waals surface area contributed by atoms with Gasteiger partial charge in [0.1, 0.15) is 0 Å². The van der Waals surface area contributed by atoms with Crippen LogP contribution in [0.4, 0.5) is 0 Å². The van der Waals surface area contributed by atoms with E-state index in [1.54, 1.807) is 0 Å². The van der Waals surface area contributed by atoms with Crippen molar-refractivity contribution in [1.29, 1.82) is 0 Å². The SMILES string of the molecule is CCNCC1(N=CN)CC1. The fraction of sp³-hybridized carbons (Fsp3) is 0.857. The van der Waals surface area contributed by atoms with Crippen LogP contribution in [0.1, 0.15) is 19.8 Å². The summed E-state index contributed by atoms with van der Waals surface area (Å²) in [6, 6.07) is 0. The first-order valence-corrected chi connectivity index (χ1v) is 3.79. The second-order valence-corrected chi connectivity index (χ2v) is 2.78. The van der Waals surface area contributed by atoms with E-state index >= 15 is 0 Å². The lowest BCUT2D eigenvalue weighted by Gasteiger charge is -2.08. The molecule has 0 amide bonds. The molecule has 0 atom stereocenters. The summed E-state index contributed by atoms with van der Waals surface area (Å²) in [4.78, 5) is 4.20. The Balaban J connectivity index is 2.23. The van der Waals surface area contributed by atoms with Crippen LogP contribution in [0, 0.1) is 0 Å². The summed E-state index contributed by atoms with van der Waals surface area (Å²) in [5.74, 6) is 0. The van der Waals surface area contributed by atoms with Crippen LogP contribution in [-0.4, -0.2) is 25.0 Å². The average molecular weight is 141 g/mol. The van der Waals surface area contributed by atoms with E-state index in [1.165, 1.54) is 19.2 Å². The van der Waals surface area contributed by atoms with E-state index in [2.05, 4.69) is 17.2 Å². The third-order valence-electron chi connectivity index (χ3n) is 1.88. The molecule has 0 saturated heterocycles. The quantitative estimate of drug-likeness (QED) is 0.431. The summed E-state index contributed by atoms with van der Waals surface area (Å²) in [5.41, 5.74) is 5.39. The third kappa shape index (κ3) is 1.70. The Kier molecular flexibility index (Phi) is 2.27. The molecule has 58 valence electrons. The third-order valence-corrected chi connectivity index (χ3v) is 1.88. The molecule has 0 spiro atoms. The highest BCUT2D eigenvalue weighted by Crippen LogP contribution is 2.38. The molecule has 1 fully saturated rings. The predicted octanol–water partition coefficient (Wildman–Crippen LogP) is 0.115. The zero-order valence-corrected chi connectivity index (χ0v) is 6.43. The highest BCUT2D eigenvalue weighted by Gasteiger charge is 2.41. The number of rotatable bonds is 4. The van der Waals surface area contributed by atoms with Gasteiger partial charge in [-0.2, -0.15) is 0 Å². The van der Waals surface area contributed by atoms with Gasteiger partial charge >= 0.3 is 0 Å². The van der Waals surface area contributed by atoms with Crippen LogP contribution >= 0.6 is 0 Å². The zero-order chi connectivity index (χ0) is 7.45. The molecule has 0 aromatic rings. The predicted molar refractivity (Wildman–Crippen MR) is 43.2 cm³/mol. The van der Waals surface area contributed by atoms with Crippen LogP contribution in [0.25, 0.3) is 0 Å². The Hall–Kier alpha value is -0.570. The van der Waals surface area contributed by atoms with Crippen molar-refractivity contribution in [2.75, 3.05) is 13.1 Å². The molecule has 0 bridgehead atoms. The Morgan fingerprint density at radius 3 is 2.80 bits per heavy atom. The van der Waals surface area contributed by atoms with Crippen LogP contribution in [0.15, 0.2) is 4.99 Å². The molecule has 0 aromatic carbocycles. The summed E-state index contributed by atoms with van der Waals surface area (Å²) in [6.45, 7) is 4.10. The molecule has 3 heteroatoms. The molecule has 1 aliphatic carbocycles. The van der Waals surface area contributed by atoms with Gasteiger partial charge in [0, 0.05) is 6.54 Å². The largest absolute Gasteiger partial charge is 0.390 e. The first kappa shape index (κ1) is 7.54. The minimum atomic E-state index is 0.185. The van der Waals surface area contributed by atoms with E-state index in [-0.39, 0.29) is 5.54 Å². The molecular formula is C7H15N3. The minimum absolute atomic E-state index is 0.185. The van der Waals surface area contributed by atoms with Gasteiger partial charge in [-0.3, -0.25) is 4.99 Å². The lowest BCUT2D eigenvalue weighted by molar-refractivity contribution is 0.588. The summed E-state index contributed by atoms with van der Waals surface area (Å²) in [6.07, 6.45) is 3.80. The number of hydrogen-bond acceptors (Lipinski definition) is 2. The molecular weight excluding hydrogens is 126 g/mol. The van der Waals surface area contributed by atoms with Crippen LogP contribution in [0.5, 0.6) is 0 Å². The number of nitrogens with zero attached hydrogens (tertiary/aromatic N) is 1. The monoisotopic (exact) mass is 141 g/mol. The Bertz CT molecular complexity index is 127. The van der Waals surface area contributed by atoms with Crippen LogP contribution < -0.4 is 11.1 Å². The molecule has 3 nitrogen and oxygen atoms in total. The van der Waals surface area contributed by atoms with E-state index in [4.69, 9.17) is 5.73 Å². The van der Waals surface area contributed by atoms with Crippen molar-refractivity contribution in [3.8, 4) is 0 Å². The summed E-state index contributed by atoms with van der Waals surface area (Å²) >= 11 is 0. The molecule has 3 N–H and O–H groups in total. The minimum Gasteiger partial charge on any atom is -0.390 e. The highest BCUT2D eigenvalue weighted by atomic mass is 15.0. The van der Waals surface area contributed by atoms with Crippen LogP contribution in [-0.2, 0) is 0 Å². The van der Waals surface area contributed by atoms with Crippen molar-refractivity contribution in [1.82, 2.24) is 5.32 Å². The number of nitrogens with one attached hydrogen (secondary N) is 1. The van der Waals surface area contributed by atoms with Crippen LogP contribution in [0.3, 0.4) is 0 Å². The first-order chi connectivity index (χ1) is 4.83. The Morgan fingerprint density at radius 2 is 2.40 bits per heavy atom. The van der Waals surface area contributed by atoms with E-state index in [0.717, 1.165) is 13.1 Å². The molecule has 0 heterocycles. The molecule has 0 aromatic heterocycles. The van der Waals surface area contributed by atoms with Gasteiger partial charge in [-0.1, -0.05) is 6.92 Å². The second kappa shape index (κ2) is 3.01. The number of nitrogens with two attached hydrogens (primary N) is 1. The average Bonchev–Trinajstić information content (AvgIpc) is 2.67. The molecule has 0 aliphatic heterocycles. The second-order valence-electron chi connectivity index (χ2n) is 2.78. The maximum atomic E-state index is 5.21. The fourth-order valence-electron chi connectivity index (χ4n) is 1.01. The van der Waals surface area contributed by atoms with E-state index in [0.29, 0.717) is 0 Å². The van der Waals surface area contributed by atoms with Crippen molar-refractivity contribution in [2.24, 2.45) is 10.7 Å². The van der Waals surface area contributed by atoms with Gasteiger partial charge in [-0.25, -0.2) is 0 Å². The Labute approximate surface area is 61.7 Å². The van der Waals surface area contributed by atoms with Gasteiger partial charge < -0.3 is 11.1 Å². The molecule has 10 heavy (non-hydrogen) atoms. The summed E-state index contributed by atoms with van der Waals surface area (Å²) in [7, 11) is 0. The van der Waals surface area contributed by atoms with Gasteiger partial charge in [-0.15, -0.1) is 0 Å². The van der Waals surface area contributed by atoms with Gasteiger partial charge in [0.15, 0.2) is 0 Å². The number of hydrogen-bond donors (Lipinski definition) is 2. The molecule has 1 rings (SSSR count). The van der Waals surface area contributed by atoms with Crippen molar-refractivity contribution in [3.05, 3.63) is 0 Å². The van der Waals surface area contributed by atoms with Gasteiger partial charge in [0.25, 0.3) is 0 Å². The van der Waals surface area contributed by atoms with Gasteiger partial charge in [0.2, 0.25) is 0 Å². The highest BCUT2D eigenvalue weighted by molar-refractivity contribution is 5.53. The first-order valence-electron chi connectivity index (χ1n) is 3.79. The van der Waals surface area contributed by atoms with E-state index < -0.39 is 0 Å². The molecule has 1 saturated carbocycles. The van der Waals surface area contributed by atoms with Crippen molar-refractivity contribution in [2.45, 2.75) is 25.3 Å². The Morgan fingerprint density at radius 1 is 1.70 bits per heavy atom. The normalized spacial score (nSPS) is 21.7. The van der Waals surface area contributed by atoms with Gasteiger partial charge in [-0.05, 0) is 19.4 Å². The lowest BCUT2D eigenvalue weighted by Crippen LogP contribution is -2.27. The van der Waals surface area contributed by atoms with Crippen molar-refractivity contribution in [3.63, 3.8) is 0 Å².